The Morgan fingerprint density at radius 3 is 2.37 bits per heavy atom. The minimum Gasteiger partial charge on any atom is -0.493 e. The van der Waals surface area contributed by atoms with Crippen molar-refractivity contribution in [1.29, 1.82) is 0 Å². The van der Waals surface area contributed by atoms with Gasteiger partial charge in [0.25, 0.3) is 5.91 Å². The standard InChI is InChI=1S/C34H30N2O5/c1-39-31-18-24-16-17-36(21-26(24)19-32(31)40-2)34(38)30-15-14-29(41-30)23-10-12-27(13-11-23)35-33(37)20-25-8-5-7-22-6-3-4-9-28(22)25/h3-15,18-19H,16-17,20-21H2,1-2H3,(H,35,37). The first-order chi connectivity index (χ1) is 20.0. The van der Waals surface area contributed by atoms with Gasteiger partial charge in [-0.3, -0.25) is 9.59 Å². The number of rotatable bonds is 7. The Morgan fingerprint density at radius 2 is 1.59 bits per heavy atom. The summed E-state index contributed by atoms with van der Waals surface area (Å²) < 4.78 is 16.8. The highest BCUT2D eigenvalue weighted by Crippen LogP contribution is 2.34. The number of furan rings is 1. The normalized spacial score (nSPS) is 12.6. The number of benzene rings is 4. The monoisotopic (exact) mass is 546 g/mol. The van der Waals surface area contributed by atoms with E-state index in [0.717, 1.165) is 39.4 Å². The molecule has 0 fully saturated rings. The van der Waals surface area contributed by atoms with Gasteiger partial charge in [0, 0.05) is 24.3 Å². The van der Waals surface area contributed by atoms with Gasteiger partial charge in [-0.1, -0.05) is 42.5 Å². The molecule has 0 atom stereocenters. The minimum absolute atomic E-state index is 0.0841. The van der Waals surface area contributed by atoms with Crippen LogP contribution in [0.3, 0.4) is 0 Å². The molecule has 2 amide bonds. The average molecular weight is 547 g/mol. The number of hydrogen-bond donors (Lipinski definition) is 1. The summed E-state index contributed by atoms with van der Waals surface area (Å²) in [6.07, 6.45) is 1.01. The first kappa shape index (κ1) is 26.2. The highest BCUT2D eigenvalue weighted by Gasteiger charge is 2.25. The molecule has 6 rings (SSSR count). The lowest BCUT2D eigenvalue weighted by molar-refractivity contribution is -0.115. The fourth-order valence-corrected chi connectivity index (χ4v) is 5.36. The Morgan fingerprint density at radius 1 is 0.854 bits per heavy atom. The van der Waals surface area contributed by atoms with Crippen LogP contribution in [0.1, 0.15) is 27.2 Å². The van der Waals surface area contributed by atoms with Crippen LogP contribution in [0.4, 0.5) is 5.69 Å². The van der Waals surface area contributed by atoms with Crippen molar-refractivity contribution >= 4 is 28.3 Å². The van der Waals surface area contributed by atoms with Crippen molar-refractivity contribution in [3.8, 4) is 22.8 Å². The summed E-state index contributed by atoms with van der Waals surface area (Å²) in [4.78, 5) is 27.8. The van der Waals surface area contributed by atoms with Gasteiger partial charge in [0.1, 0.15) is 5.76 Å². The van der Waals surface area contributed by atoms with Crippen molar-refractivity contribution in [3.05, 3.63) is 113 Å². The van der Waals surface area contributed by atoms with Gasteiger partial charge in [0.2, 0.25) is 5.91 Å². The van der Waals surface area contributed by atoms with Crippen LogP contribution >= 0.6 is 0 Å². The molecule has 0 spiro atoms. The number of fused-ring (bicyclic) bond motifs is 2. The van der Waals surface area contributed by atoms with Crippen LogP contribution in [0.5, 0.6) is 11.5 Å². The molecule has 2 heterocycles. The molecule has 206 valence electrons. The molecule has 0 radical (unpaired) electrons. The molecule has 1 aliphatic heterocycles. The van der Waals surface area contributed by atoms with E-state index in [1.54, 1.807) is 31.3 Å². The molecule has 4 aromatic carbocycles. The van der Waals surface area contributed by atoms with Crippen molar-refractivity contribution < 1.29 is 23.5 Å². The van der Waals surface area contributed by atoms with E-state index in [1.165, 1.54) is 0 Å². The number of carbonyl (C=O) groups is 2. The maximum atomic E-state index is 13.3. The summed E-state index contributed by atoms with van der Waals surface area (Å²) in [6, 6.07) is 28.9. The number of carbonyl (C=O) groups excluding carboxylic acids is 2. The van der Waals surface area contributed by atoms with Crippen LogP contribution in [-0.2, 0) is 24.2 Å². The molecule has 1 N–H and O–H groups in total. The SMILES string of the molecule is COc1cc2c(cc1OC)CN(C(=O)c1ccc(-c3ccc(NC(=O)Cc4cccc5ccccc45)cc3)o1)CC2. The predicted octanol–water partition coefficient (Wildman–Crippen LogP) is 6.50. The maximum absolute atomic E-state index is 13.3. The van der Waals surface area contributed by atoms with E-state index in [2.05, 4.69) is 5.32 Å². The molecule has 5 aromatic rings. The van der Waals surface area contributed by atoms with E-state index < -0.39 is 0 Å². The molecule has 1 aromatic heterocycles. The Balaban J connectivity index is 1.10. The Labute approximate surface area is 238 Å². The minimum atomic E-state index is -0.158. The van der Waals surface area contributed by atoms with E-state index in [-0.39, 0.29) is 24.0 Å². The lowest BCUT2D eigenvalue weighted by Gasteiger charge is -2.29. The fourth-order valence-electron chi connectivity index (χ4n) is 5.36. The third-order valence-electron chi connectivity index (χ3n) is 7.51. The number of methoxy groups -OCH3 is 2. The second kappa shape index (κ2) is 11.2. The summed E-state index contributed by atoms with van der Waals surface area (Å²) in [5.41, 5.74) is 4.68. The quantitative estimate of drug-likeness (QED) is 0.252. The van der Waals surface area contributed by atoms with Crippen LogP contribution in [0, 0.1) is 0 Å². The number of anilines is 1. The Hall–Kier alpha value is -5.04. The van der Waals surface area contributed by atoms with Crippen LogP contribution in [0.15, 0.2) is 95.4 Å². The third kappa shape index (κ3) is 5.39. The number of nitrogens with zero attached hydrogens (tertiary/aromatic N) is 1. The number of hydrogen-bond acceptors (Lipinski definition) is 5. The lowest BCUT2D eigenvalue weighted by Crippen LogP contribution is -2.35. The van der Waals surface area contributed by atoms with E-state index in [4.69, 9.17) is 13.9 Å². The molecular weight excluding hydrogens is 516 g/mol. The zero-order valence-electron chi connectivity index (χ0n) is 23.0. The van der Waals surface area contributed by atoms with E-state index in [0.29, 0.717) is 36.0 Å². The van der Waals surface area contributed by atoms with Gasteiger partial charge in [-0.05, 0) is 82.4 Å². The molecule has 0 bridgehead atoms. The average Bonchev–Trinajstić information content (AvgIpc) is 3.50. The molecular formula is C34H30N2O5. The Kier molecular flexibility index (Phi) is 7.17. The molecule has 41 heavy (non-hydrogen) atoms. The van der Waals surface area contributed by atoms with Gasteiger partial charge < -0.3 is 24.1 Å². The van der Waals surface area contributed by atoms with E-state index in [9.17, 15) is 9.59 Å². The van der Waals surface area contributed by atoms with Crippen molar-refractivity contribution in [3.63, 3.8) is 0 Å². The molecule has 1 aliphatic rings. The predicted molar refractivity (Wildman–Crippen MR) is 158 cm³/mol. The van der Waals surface area contributed by atoms with Crippen LogP contribution < -0.4 is 14.8 Å². The van der Waals surface area contributed by atoms with Gasteiger partial charge in [0.15, 0.2) is 17.3 Å². The van der Waals surface area contributed by atoms with Crippen LogP contribution in [0.25, 0.3) is 22.1 Å². The summed E-state index contributed by atoms with van der Waals surface area (Å²) >= 11 is 0. The molecule has 0 unspecified atom stereocenters. The van der Waals surface area contributed by atoms with Crippen molar-refractivity contribution in [2.24, 2.45) is 0 Å². The van der Waals surface area contributed by atoms with Crippen molar-refractivity contribution in [1.82, 2.24) is 4.90 Å². The summed E-state index contributed by atoms with van der Waals surface area (Å²) in [5, 5.41) is 5.17. The van der Waals surface area contributed by atoms with Crippen LogP contribution in [-0.4, -0.2) is 37.5 Å². The molecule has 0 aliphatic carbocycles. The second-order valence-corrected chi connectivity index (χ2v) is 10.1. The summed E-state index contributed by atoms with van der Waals surface area (Å²) in [5.74, 6) is 1.97. The highest BCUT2D eigenvalue weighted by molar-refractivity contribution is 5.96. The van der Waals surface area contributed by atoms with Crippen molar-refractivity contribution in [2.45, 2.75) is 19.4 Å². The molecule has 7 nitrogen and oxygen atoms in total. The summed E-state index contributed by atoms with van der Waals surface area (Å²) in [6.45, 7) is 1.06. The molecule has 0 saturated heterocycles. The number of nitrogens with one attached hydrogen (secondary N) is 1. The zero-order chi connectivity index (χ0) is 28.3. The maximum Gasteiger partial charge on any atom is 0.289 e. The van der Waals surface area contributed by atoms with Gasteiger partial charge in [0.05, 0.1) is 20.6 Å². The first-order valence-electron chi connectivity index (χ1n) is 13.5. The molecule has 7 heteroatoms. The lowest BCUT2D eigenvalue weighted by atomic mass is 9.98. The fraction of sp³-hybridized carbons (Fsp3) is 0.176. The van der Waals surface area contributed by atoms with Gasteiger partial charge >= 0.3 is 0 Å². The van der Waals surface area contributed by atoms with Crippen molar-refractivity contribution in [2.75, 3.05) is 26.1 Å². The second-order valence-electron chi connectivity index (χ2n) is 10.1. The highest BCUT2D eigenvalue weighted by atomic mass is 16.5. The Bertz CT molecular complexity index is 1730. The smallest absolute Gasteiger partial charge is 0.289 e. The number of amides is 2. The van der Waals surface area contributed by atoms with Gasteiger partial charge in [-0.25, -0.2) is 0 Å². The summed E-state index contributed by atoms with van der Waals surface area (Å²) in [7, 11) is 3.22. The zero-order valence-corrected chi connectivity index (χ0v) is 23.0. The largest absolute Gasteiger partial charge is 0.493 e. The topological polar surface area (TPSA) is 81.0 Å². The van der Waals surface area contributed by atoms with Gasteiger partial charge in [-0.2, -0.15) is 0 Å². The third-order valence-corrected chi connectivity index (χ3v) is 7.51. The van der Waals surface area contributed by atoms with E-state index in [1.807, 2.05) is 78.9 Å². The first-order valence-corrected chi connectivity index (χ1v) is 13.5. The van der Waals surface area contributed by atoms with E-state index >= 15 is 0 Å². The number of ether oxygens (including phenoxy) is 2. The molecule has 0 saturated carbocycles. The van der Waals surface area contributed by atoms with Gasteiger partial charge in [-0.15, -0.1) is 0 Å². The van der Waals surface area contributed by atoms with Crippen LogP contribution in [0.2, 0.25) is 0 Å².